The highest BCUT2D eigenvalue weighted by Crippen LogP contribution is 2.37. The number of benzene rings is 8. The van der Waals surface area contributed by atoms with Crippen LogP contribution < -0.4 is 20.7 Å². The zero-order valence-electron chi connectivity index (χ0n) is 30.2. The van der Waals surface area contributed by atoms with E-state index in [-0.39, 0.29) is 4.90 Å². The summed E-state index contributed by atoms with van der Waals surface area (Å²) in [5.41, 5.74) is 5.49. The Kier molecular flexibility index (Phi) is 7.73. The van der Waals surface area contributed by atoms with Crippen molar-refractivity contribution in [2.45, 2.75) is 11.8 Å². The van der Waals surface area contributed by atoms with E-state index >= 15 is 0 Å². The molecule has 0 unspecified atom stereocenters. The topological polar surface area (TPSA) is 44.0 Å². The van der Waals surface area contributed by atoms with Crippen molar-refractivity contribution in [3.63, 3.8) is 0 Å². The van der Waals surface area contributed by atoms with E-state index < -0.39 is 18.1 Å². The average molecular weight is 745 g/mol. The number of hydrogen-bond donors (Lipinski definition) is 0. The predicted molar refractivity (Wildman–Crippen MR) is 231 cm³/mol. The normalized spacial score (nSPS) is 12.2. The first-order valence-electron chi connectivity index (χ1n) is 18.5. The van der Waals surface area contributed by atoms with E-state index in [1.165, 1.54) is 35.5 Å². The third kappa shape index (κ3) is 5.06. The quantitative estimate of drug-likeness (QED) is 0.121. The smallest absolute Gasteiger partial charge is 0.268 e. The second kappa shape index (κ2) is 12.8. The zero-order chi connectivity index (χ0) is 37.1. The molecule has 0 spiro atoms. The number of hydrogen-bond acceptors (Lipinski definition) is 2. The van der Waals surface area contributed by atoms with Crippen LogP contribution in [0.3, 0.4) is 0 Å². The van der Waals surface area contributed by atoms with Crippen molar-refractivity contribution in [1.29, 1.82) is 0 Å². The molecule has 0 bridgehead atoms. The van der Waals surface area contributed by atoms with Crippen LogP contribution in [0.5, 0.6) is 0 Å². The van der Waals surface area contributed by atoms with E-state index in [0.717, 1.165) is 33.1 Å². The number of aryl methyl sites for hydroxylation is 1. The van der Waals surface area contributed by atoms with Gasteiger partial charge in [0.05, 0.1) is 27.0 Å². The van der Waals surface area contributed by atoms with Crippen LogP contribution in [0.1, 0.15) is 5.56 Å². The van der Waals surface area contributed by atoms with Crippen molar-refractivity contribution in [3.8, 4) is 5.69 Å². The van der Waals surface area contributed by atoms with Gasteiger partial charge in [-0.1, -0.05) is 157 Å². The highest BCUT2D eigenvalue weighted by atomic mass is 32.2. The van der Waals surface area contributed by atoms with Crippen molar-refractivity contribution in [1.82, 2.24) is 8.54 Å². The number of para-hydroxylation sites is 2. The Balaban J connectivity index is 1.27. The molecule has 264 valence electrons. The van der Waals surface area contributed by atoms with Gasteiger partial charge in [0.1, 0.15) is 0 Å². The summed E-state index contributed by atoms with van der Waals surface area (Å²) in [5, 5.41) is 9.35. The lowest BCUT2D eigenvalue weighted by Gasteiger charge is -2.34. The minimum atomic E-state index is -3.89. The van der Waals surface area contributed by atoms with E-state index in [1.54, 1.807) is 12.1 Å². The van der Waals surface area contributed by atoms with Gasteiger partial charge in [0.25, 0.3) is 10.0 Å². The number of nitrogens with zero attached hydrogens (tertiary/aromatic N) is 2. The van der Waals surface area contributed by atoms with Crippen molar-refractivity contribution in [2.75, 3.05) is 0 Å². The summed E-state index contributed by atoms with van der Waals surface area (Å²) in [7, 11) is -6.70. The molecule has 0 saturated heterocycles. The lowest BCUT2D eigenvalue weighted by atomic mass is 10.1. The van der Waals surface area contributed by atoms with Crippen LogP contribution in [-0.4, -0.2) is 25.0 Å². The van der Waals surface area contributed by atoms with Crippen LogP contribution in [0, 0.1) is 6.92 Å². The highest BCUT2D eigenvalue weighted by Gasteiger charge is 2.41. The van der Waals surface area contributed by atoms with Gasteiger partial charge >= 0.3 is 0 Å². The third-order valence-corrected chi connectivity index (χ3v) is 17.7. The second-order valence-electron chi connectivity index (χ2n) is 14.2. The Morgan fingerprint density at radius 1 is 0.400 bits per heavy atom. The molecule has 0 aliphatic heterocycles. The van der Waals surface area contributed by atoms with Crippen LogP contribution in [0.15, 0.2) is 205 Å². The fraction of sp³-hybridized carbons (Fsp3) is 0.0204. The zero-order valence-corrected chi connectivity index (χ0v) is 32.0. The minimum Gasteiger partial charge on any atom is -0.309 e. The molecule has 0 aliphatic rings. The number of fused-ring (bicyclic) bond motifs is 6. The van der Waals surface area contributed by atoms with Crippen LogP contribution in [-0.2, 0) is 10.0 Å². The Hall–Kier alpha value is -6.47. The maximum absolute atomic E-state index is 14.3. The summed E-state index contributed by atoms with van der Waals surface area (Å²) >= 11 is 0. The fourth-order valence-electron chi connectivity index (χ4n) is 8.69. The first kappa shape index (κ1) is 33.1. The number of rotatable bonds is 7. The molecule has 0 fully saturated rings. The van der Waals surface area contributed by atoms with Crippen LogP contribution in [0.2, 0.25) is 0 Å². The van der Waals surface area contributed by atoms with Gasteiger partial charge in [-0.3, -0.25) is 0 Å². The summed E-state index contributed by atoms with van der Waals surface area (Å²) in [6.07, 6.45) is 0. The van der Waals surface area contributed by atoms with Gasteiger partial charge in [-0.05, 0) is 76.2 Å². The predicted octanol–water partition coefficient (Wildman–Crippen LogP) is 8.81. The first-order valence-corrected chi connectivity index (χ1v) is 22.0. The van der Waals surface area contributed by atoms with Crippen molar-refractivity contribution < 1.29 is 8.42 Å². The Morgan fingerprint density at radius 3 is 1.49 bits per heavy atom. The Bertz CT molecular complexity index is 3060. The molecule has 10 rings (SSSR count). The van der Waals surface area contributed by atoms with Gasteiger partial charge in [0.2, 0.25) is 0 Å². The molecule has 0 N–H and O–H groups in total. The lowest BCUT2D eigenvalue weighted by molar-refractivity contribution is 0.590. The maximum Gasteiger partial charge on any atom is 0.268 e. The van der Waals surface area contributed by atoms with Crippen molar-refractivity contribution >= 4 is 82.5 Å². The fourth-order valence-corrected chi connectivity index (χ4v) is 15.0. The Morgan fingerprint density at radius 2 is 0.891 bits per heavy atom. The molecule has 0 radical (unpaired) electrons. The molecule has 0 amide bonds. The molecule has 4 nitrogen and oxygen atoms in total. The standard InChI is InChI=1S/C49H36N2O2SSi/c1-35-25-28-37(29-26-35)54(52,53)51-47-24-14-12-22-43(47)45-33-36(27-32-48(45)51)50-46-23-13-11-21-42(46)44-31-30-41(34-49(44)50)55(38-15-5-2-6-16-38,39-17-7-3-8-18-39)40-19-9-4-10-20-40/h2-34H,1H3. The van der Waals surface area contributed by atoms with Crippen LogP contribution in [0.4, 0.5) is 0 Å². The first-order chi connectivity index (χ1) is 27.0. The lowest BCUT2D eigenvalue weighted by Crippen LogP contribution is -2.74. The molecule has 10 aromatic rings. The summed E-state index contributed by atoms with van der Waals surface area (Å²) in [5.74, 6) is 0. The van der Waals surface area contributed by atoms with Crippen molar-refractivity contribution in [3.05, 3.63) is 206 Å². The molecule has 55 heavy (non-hydrogen) atoms. The van der Waals surface area contributed by atoms with E-state index in [0.29, 0.717) is 11.0 Å². The third-order valence-electron chi connectivity index (χ3n) is 11.2. The van der Waals surface area contributed by atoms with E-state index in [2.05, 4.69) is 150 Å². The minimum absolute atomic E-state index is 0.266. The monoisotopic (exact) mass is 744 g/mol. The molecule has 2 aromatic heterocycles. The van der Waals surface area contributed by atoms with Crippen LogP contribution in [0.25, 0.3) is 49.3 Å². The summed E-state index contributed by atoms with van der Waals surface area (Å²) in [6, 6.07) is 69.7. The molecule has 2 heterocycles. The molecular weight excluding hydrogens is 709 g/mol. The molecule has 6 heteroatoms. The molecule has 8 aromatic carbocycles. The highest BCUT2D eigenvalue weighted by molar-refractivity contribution is 7.90. The Labute approximate surface area is 321 Å². The van der Waals surface area contributed by atoms with Gasteiger partial charge in [0, 0.05) is 27.2 Å². The van der Waals surface area contributed by atoms with Gasteiger partial charge in [-0.15, -0.1) is 0 Å². The van der Waals surface area contributed by atoms with E-state index in [4.69, 9.17) is 0 Å². The summed E-state index contributed by atoms with van der Waals surface area (Å²) in [4.78, 5) is 0.266. The molecular formula is C49H36N2O2SSi. The molecule has 0 atom stereocenters. The largest absolute Gasteiger partial charge is 0.309 e. The van der Waals surface area contributed by atoms with Gasteiger partial charge < -0.3 is 4.57 Å². The van der Waals surface area contributed by atoms with Crippen molar-refractivity contribution in [2.24, 2.45) is 0 Å². The van der Waals surface area contributed by atoms with Gasteiger partial charge in [0.15, 0.2) is 8.07 Å². The summed E-state index contributed by atoms with van der Waals surface area (Å²) < 4.78 is 32.5. The van der Waals surface area contributed by atoms with E-state index in [9.17, 15) is 8.42 Å². The maximum atomic E-state index is 14.3. The molecule has 0 aliphatic carbocycles. The summed E-state index contributed by atoms with van der Waals surface area (Å²) in [6.45, 7) is 1.96. The van der Waals surface area contributed by atoms with Gasteiger partial charge in [-0.25, -0.2) is 12.4 Å². The van der Waals surface area contributed by atoms with E-state index in [1.807, 2.05) is 49.4 Å². The SMILES string of the molecule is Cc1ccc(S(=O)(=O)n2c3ccccc3c3cc(-n4c5ccccc5c5ccc([Si](c6ccccc6)(c6ccccc6)c6ccccc6)cc54)ccc32)cc1. The number of aromatic nitrogens is 2. The van der Waals surface area contributed by atoms with Gasteiger partial charge in [-0.2, -0.15) is 0 Å². The second-order valence-corrected chi connectivity index (χ2v) is 19.8. The van der Waals surface area contributed by atoms with Crippen LogP contribution >= 0.6 is 0 Å². The molecule has 0 saturated carbocycles. The average Bonchev–Trinajstić information content (AvgIpc) is 3.75.